The van der Waals surface area contributed by atoms with Crippen molar-refractivity contribution in [1.29, 1.82) is 0 Å². The number of H-pyrrole nitrogens is 1. The highest BCUT2D eigenvalue weighted by atomic mass is 16.3. The molecule has 0 saturated carbocycles. The predicted octanol–water partition coefficient (Wildman–Crippen LogP) is 1.80. The van der Waals surface area contributed by atoms with Gasteiger partial charge in [0, 0.05) is 12.8 Å². The normalized spacial score (nSPS) is 15.2. The number of nitrogens with zero attached hydrogens (tertiary/aromatic N) is 2. The Balaban J connectivity index is 2.31. The number of hydrogen-bond acceptors (Lipinski definition) is 4. The number of aromatic hydroxyl groups is 1. The van der Waals surface area contributed by atoms with Gasteiger partial charge in [-0.1, -0.05) is 26.2 Å². The van der Waals surface area contributed by atoms with Gasteiger partial charge in [0.2, 0.25) is 5.88 Å². The van der Waals surface area contributed by atoms with Gasteiger partial charge in [0.25, 0.3) is 5.56 Å². The van der Waals surface area contributed by atoms with Crippen molar-refractivity contribution in [3.8, 4) is 5.88 Å². The minimum Gasteiger partial charge on any atom is -0.494 e. The Bertz CT molecular complexity index is 694. The van der Waals surface area contributed by atoms with Crippen molar-refractivity contribution >= 4 is 12.3 Å². The lowest BCUT2D eigenvalue weighted by Gasteiger charge is -2.09. The standard InChI is InChI=1S/C15H19N3O3/c1-2-3-4-5-9-18-14(20)12(13(19)17-15(18)21)10-11-7-6-8-16-11/h6-8,10,20H,2-5,9H2,1H3,(H,17,19,21). The molecule has 6 heteroatoms. The van der Waals surface area contributed by atoms with E-state index in [4.69, 9.17) is 0 Å². The van der Waals surface area contributed by atoms with Gasteiger partial charge < -0.3 is 5.11 Å². The topological polar surface area (TPSA) is 87.4 Å². The fraction of sp³-hybridized carbons (Fsp3) is 0.400. The Labute approximate surface area is 122 Å². The lowest BCUT2D eigenvalue weighted by atomic mass is 10.2. The predicted molar refractivity (Wildman–Crippen MR) is 82.7 cm³/mol. The maximum absolute atomic E-state index is 11.8. The second kappa shape index (κ2) is 6.88. The second-order valence-corrected chi connectivity index (χ2v) is 4.92. The Kier molecular flexibility index (Phi) is 4.92. The van der Waals surface area contributed by atoms with E-state index >= 15 is 0 Å². The number of hydrogen-bond donors (Lipinski definition) is 2. The number of unbranched alkanes of at least 4 members (excludes halogenated alkanes) is 3. The van der Waals surface area contributed by atoms with E-state index < -0.39 is 11.2 Å². The zero-order valence-electron chi connectivity index (χ0n) is 12.0. The molecule has 0 fully saturated rings. The van der Waals surface area contributed by atoms with Crippen LogP contribution < -0.4 is 11.2 Å². The molecule has 2 rings (SSSR count). The number of nitrogens with one attached hydrogen (secondary N) is 1. The van der Waals surface area contributed by atoms with Crippen LogP contribution in [0.2, 0.25) is 0 Å². The maximum Gasteiger partial charge on any atom is 0.331 e. The van der Waals surface area contributed by atoms with E-state index in [1.165, 1.54) is 10.6 Å². The summed E-state index contributed by atoms with van der Waals surface area (Å²) in [5, 5.41) is 10.2. The fourth-order valence-electron chi connectivity index (χ4n) is 2.16. The molecule has 1 aromatic heterocycles. The molecule has 21 heavy (non-hydrogen) atoms. The maximum atomic E-state index is 11.8. The van der Waals surface area contributed by atoms with E-state index in [0.29, 0.717) is 12.2 Å². The van der Waals surface area contributed by atoms with Crippen molar-refractivity contribution in [1.82, 2.24) is 9.55 Å². The van der Waals surface area contributed by atoms with Gasteiger partial charge in [-0.15, -0.1) is 0 Å². The first-order valence-electron chi connectivity index (χ1n) is 7.12. The molecular formula is C15H19N3O3. The molecule has 2 N–H and O–H groups in total. The van der Waals surface area contributed by atoms with E-state index in [9.17, 15) is 14.7 Å². The Morgan fingerprint density at radius 3 is 2.81 bits per heavy atom. The SMILES string of the molecule is CCCCCCn1c(O)c(C=C2C=CC=N2)c(=O)[nH]c1=O. The monoisotopic (exact) mass is 289 g/mol. The highest BCUT2D eigenvalue weighted by Crippen LogP contribution is 2.17. The zero-order valence-corrected chi connectivity index (χ0v) is 12.0. The van der Waals surface area contributed by atoms with Crippen LogP contribution in [0, 0.1) is 0 Å². The van der Waals surface area contributed by atoms with Gasteiger partial charge in [0.15, 0.2) is 0 Å². The Morgan fingerprint density at radius 1 is 1.33 bits per heavy atom. The number of aromatic nitrogens is 2. The smallest absolute Gasteiger partial charge is 0.331 e. The minimum atomic E-state index is -0.606. The van der Waals surface area contributed by atoms with Crippen LogP contribution in [0.15, 0.2) is 32.4 Å². The molecule has 1 aliphatic rings. The van der Waals surface area contributed by atoms with Gasteiger partial charge in [-0.25, -0.2) is 4.79 Å². The molecule has 6 nitrogen and oxygen atoms in total. The van der Waals surface area contributed by atoms with Crippen molar-refractivity contribution in [2.24, 2.45) is 4.99 Å². The Hall–Kier alpha value is -2.37. The van der Waals surface area contributed by atoms with Crippen molar-refractivity contribution in [2.45, 2.75) is 39.2 Å². The summed E-state index contributed by atoms with van der Waals surface area (Å²) in [6.45, 7) is 2.49. The summed E-state index contributed by atoms with van der Waals surface area (Å²) >= 11 is 0. The van der Waals surface area contributed by atoms with Gasteiger partial charge in [0.1, 0.15) is 5.56 Å². The quantitative estimate of drug-likeness (QED) is 0.783. The Morgan fingerprint density at radius 2 is 2.14 bits per heavy atom. The van der Waals surface area contributed by atoms with Crippen molar-refractivity contribution in [3.63, 3.8) is 0 Å². The van der Waals surface area contributed by atoms with Gasteiger partial charge >= 0.3 is 5.69 Å². The van der Waals surface area contributed by atoms with E-state index in [1.807, 2.05) is 0 Å². The van der Waals surface area contributed by atoms with Gasteiger partial charge in [-0.05, 0) is 24.6 Å². The molecule has 112 valence electrons. The summed E-state index contributed by atoms with van der Waals surface area (Å²) in [4.78, 5) is 29.9. The number of allylic oxidation sites excluding steroid dienone is 2. The average Bonchev–Trinajstić information content (AvgIpc) is 2.95. The summed E-state index contributed by atoms with van der Waals surface area (Å²) in [5.41, 5.74) is -0.567. The minimum absolute atomic E-state index is 0.0591. The zero-order chi connectivity index (χ0) is 15.2. The lowest BCUT2D eigenvalue weighted by molar-refractivity contribution is 0.391. The summed E-state index contributed by atoms with van der Waals surface area (Å²) < 4.78 is 1.20. The second-order valence-electron chi connectivity index (χ2n) is 4.92. The number of aliphatic imine (C=N–C) groups is 1. The van der Waals surface area contributed by atoms with Gasteiger partial charge in [-0.3, -0.25) is 19.3 Å². The van der Waals surface area contributed by atoms with Crippen LogP contribution in [0.25, 0.3) is 6.08 Å². The molecule has 1 aromatic rings. The van der Waals surface area contributed by atoms with E-state index in [-0.39, 0.29) is 11.4 Å². The molecular weight excluding hydrogens is 270 g/mol. The van der Waals surface area contributed by atoms with Crippen LogP contribution in [0.3, 0.4) is 0 Å². The van der Waals surface area contributed by atoms with Crippen molar-refractivity contribution in [3.05, 3.63) is 44.3 Å². The molecule has 0 unspecified atom stereocenters. The molecule has 1 aliphatic heterocycles. The fourth-order valence-corrected chi connectivity index (χ4v) is 2.16. The number of rotatable bonds is 6. The molecule has 0 amide bonds. The third-order valence-corrected chi connectivity index (χ3v) is 3.31. The first-order valence-corrected chi connectivity index (χ1v) is 7.12. The molecule has 2 heterocycles. The molecule has 0 aliphatic carbocycles. The largest absolute Gasteiger partial charge is 0.494 e. The number of aromatic amines is 1. The first-order chi connectivity index (χ1) is 10.1. The van der Waals surface area contributed by atoms with Crippen LogP contribution in [0.1, 0.15) is 38.2 Å². The summed E-state index contributed by atoms with van der Waals surface area (Å²) in [6, 6.07) is 0. The lowest BCUT2D eigenvalue weighted by Crippen LogP contribution is -2.31. The van der Waals surface area contributed by atoms with E-state index in [1.54, 1.807) is 18.4 Å². The third-order valence-electron chi connectivity index (χ3n) is 3.31. The van der Waals surface area contributed by atoms with Crippen LogP contribution in [-0.2, 0) is 6.54 Å². The van der Waals surface area contributed by atoms with Crippen molar-refractivity contribution < 1.29 is 5.11 Å². The summed E-state index contributed by atoms with van der Waals surface area (Å²) in [7, 11) is 0. The molecule has 0 spiro atoms. The van der Waals surface area contributed by atoms with E-state index in [0.717, 1.165) is 25.7 Å². The molecule has 0 aromatic carbocycles. The van der Waals surface area contributed by atoms with Crippen LogP contribution in [-0.4, -0.2) is 20.9 Å². The molecule has 0 bridgehead atoms. The van der Waals surface area contributed by atoms with E-state index in [2.05, 4.69) is 16.9 Å². The van der Waals surface area contributed by atoms with Gasteiger partial charge in [0.05, 0.1) is 5.70 Å². The summed E-state index contributed by atoms with van der Waals surface area (Å²) in [6.07, 6.45) is 10.4. The average molecular weight is 289 g/mol. The van der Waals surface area contributed by atoms with Crippen molar-refractivity contribution in [2.75, 3.05) is 0 Å². The highest BCUT2D eigenvalue weighted by molar-refractivity contribution is 5.79. The third kappa shape index (κ3) is 3.59. The molecule has 0 radical (unpaired) electrons. The molecule has 0 saturated heterocycles. The summed E-state index contributed by atoms with van der Waals surface area (Å²) in [5.74, 6) is -0.303. The molecule has 0 atom stereocenters. The first kappa shape index (κ1) is 15.0. The highest BCUT2D eigenvalue weighted by Gasteiger charge is 2.12. The van der Waals surface area contributed by atoms with Gasteiger partial charge in [-0.2, -0.15) is 0 Å². The van der Waals surface area contributed by atoms with Crippen LogP contribution >= 0.6 is 0 Å². The van der Waals surface area contributed by atoms with Crippen LogP contribution in [0.5, 0.6) is 5.88 Å². The van der Waals surface area contributed by atoms with Crippen LogP contribution in [0.4, 0.5) is 0 Å².